The Morgan fingerprint density at radius 2 is 0.857 bits per heavy atom. The van der Waals surface area contributed by atoms with E-state index in [1.807, 2.05) is 66.7 Å². The predicted molar refractivity (Wildman–Crippen MR) is 208 cm³/mol. The number of furan rings is 1. The Morgan fingerprint density at radius 1 is 0.347 bits per heavy atom. The van der Waals surface area contributed by atoms with Gasteiger partial charge in [-0.15, -0.1) is 0 Å². The third-order valence-electron chi connectivity index (χ3n) is 9.38. The van der Waals surface area contributed by atoms with E-state index in [4.69, 9.17) is 18.1 Å². The molecule has 1 nitrogen and oxygen atoms in total. The van der Waals surface area contributed by atoms with Gasteiger partial charge in [0.1, 0.15) is 11.2 Å². The van der Waals surface area contributed by atoms with E-state index in [-0.39, 0.29) is 22.3 Å². The zero-order valence-electron chi connectivity index (χ0n) is 36.0. The summed E-state index contributed by atoms with van der Waals surface area (Å²) in [5, 5.41) is 7.85. The lowest BCUT2D eigenvalue weighted by atomic mass is 9.84. The second-order valence-corrected chi connectivity index (χ2v) is 12.1. The van der Waals surface area contributed by atoms with Crippen molar-refractivity contribution in [2.45, 2.75) is 0 Å². The molecule has 228 valence electrons. The lowest BCUT2D eigenvalue weighted by Crippen LogP contribution is -1.92. The first-order valence-electron chi connectivity index (χ1n) is 21.0. The van der Waals surface area contributed by atoms with E-state index < -0.39 is 60.4 Å². The van der Waals surface area contributed by atoms with Crippen molar-refractivity contribution in [1.82, 2.24) is 0 Å². The number of hydrogen-bond acceptors (Lipinski definition) is 1. The van der Waals surface area contributed by atoms with Gasteiger partial charge in [0, 0.05) is 10.8 Å². The maximum atomic E-state index is 8.88. The smallest absolute Gasteiger partial charge is 0.136 e. The minimum Gasteiger partial charge on any atom is -0.456 e. The Hall–Kier alpha value is -6.44. The lowest BCUT2D eigenvalue weighted by molar-refractivity contribution is 0.669. The number of rotatable bonds is 4. The van der Waals surface area contributed by atoms with Gasteiger partial charge in [-0.2, -0.15) is 0 Å². The van der Waals surface area contributed by atoms with Crippen LogP contribution in [0, 0.1) is 0 Å². The molecule has 10 rings (SSSR count). The molecule has 0 amide bonds. The second kappa shape index (κ2) is 11.1. The zero-order valence-corrected chi connectivity index (χ0v) is 26.0. The zero-order chi connectivity index (χ0) is 41.0. The van der Waals surface area contributed by atoms with Gasteiger partial charge in [0.25, 0.3) is 0 Å². The quantitative estimate of drug-likeness (QED) is 0.176. The summed E-state index contributed by atoms with van der Waals surface area (Å²) in [6, 6.07) is 34.8. The lowest BCUT2D eigenvalue weighted by Gasteiger charge is -2.19. The van der Waals surface area contributed by atoms with Crippen LogP contribution in [0.4, 0.5) is 0 Å². The fraction of sp³-hybridized carbons (Fsp3) is 0. The average molecular weight is 633 g/mol. The van der Waals surface area contributed by atoms with Gasteiger partial charge in [-0.25, -0.2) is 0 Å². The molecule has 10 aromatic rings. The number of benzene rings is 9. The van der Waals surface area contributed by atoms with Gasteiger partial charge in [-0.3, -0.25) is 0 Å². The monoisotopic (exact) mass is 632 g/mol. The molecule has 0 aliphatic rings. The van der Waals surface area contributed by atoms with Crippen molar-refractivity contribution in [2.24, 2.45) is 0 Å². The largest absolute Gasteiger partial charge is 0.456 e. The first-order chi connectivity index (χ1) is 28.4. The number of hydrogen-bond donors (Lipinski definition) is 0. The minimum atomic E-state index is -0.535. The van der Waals surface area contributed by atoms with Crippen LogP contribution in [0.2, 0.25) is 0 Å². The standard InChI is InChI=1S/C48H30O/c1-3-13-31(14-4-1)35-27-36(32-15-5-2-6-16-32)29-37(28-35)47-41-21-11-9-19-39(41)46(40-20-10-12-22-42(40)47)34-23-25-43-45(30-34)49-44-26-24-33-17-7-8-18-38(33)48(43)44/h1-30H/i1D,2D,3D,4D,5D,6D,13D,14D,15D,16D. The predicted octanol–water partition coefficient (Wildman–Crippen LogP) is 13.7. The van der Waals surface area contributed by atoms with Crippen LogP contribution in [0.5, 0.6) is 0 Å². The van der Waals surface area contributed by atoms with Gasteiger partial charge in [0.05, 0.1) is 13.7 Å². The molecule has 1 heterocycles. The van der Waals surface area contributed by atoms with E-state index in [0.29, 0.717) is 5.56 Å². The summed E-state index contributed by atoms with van der Waals surface area (Å²) in [6.07, 6.45) is 0. The molecule has 0 fully saturated rings. The maximum absolute atomic E-state index is 8.88. The highest BCUT2D eigenvalue weighted by molar-refractivity contribution is 6.23. The summed E-state index contributed by atoms with van der Waals surface area (Å²) in [5.74, 6) is 0. The van der Waals surface area contributed by atoms with Gasteiger partial charge < -0.3 is 4.42 Å². The summed E-state index contributed by atoms with van der Waals surface area (Å²) in [6.45, 7) is 0. The van der Waals surface area contributed by atoms with Crippen LogP contribution in [-0.2, 0) is 0 Å². The molecule has 0 bridgehead atoms. The molecular weight excluding hydrogens is 593 g/mol. The van der Waals surface area contributed by atoms with Crippen molar-refractivity contribution >= 4 is 54.3 Å². The first kappa shape index (κ1) is 19.4. The Kier molecular flexibility index (Phi) is 4.39. The Balaban J connectivity index is 1.29. The van der Waals surface area contributed by atoms with Crippen molar-refractivity contribution in [2.75, 3.05) is 0 Å². The van der Waals surface area contributed by atoms with Gasteiger partial charge >= 0.3 is 0 Å². The van der Waals surface area contributed by atoms with Gasteiger partial charge in [-0.1, -0.05) is 145 Å². The van der Waals surface area contributed by atoms with E-state index >= 15 is 0 Å². The van der Waals surface area contributed by atoms with Crippen LogP contribution in [0.15, 0.2) is 186 Å². The minimum absolute atomic E-state index is 0.0661. The highest BCUT2D eigenvalue weighted by Crippen LogP contribution is 2.46. The first-order valence-corrected chi connectivity index (χ1v) is 16.0. The fourth-order valence-electron chi connectivity index (χ4n) is 7.30. The van der Waals surface area contributed by atoms with E-state index in [0.717, 1.165) is 70.9 Å². The number of fused-ring (bicyclic) bond motifs is 7. The van der Waals surface area contributed by atoms with Crippen LogP contribution in [0.25, 0.3) is 98.8 Å². The summed E-state index contributed by atoms with van der Waals surface area (Å²) in [4.78, 5) is 0. The van der Waals surface area contributed by atoms with Crippen LogP contribution in [-0.4, -0.2) is 0 Å². The highest BCUT2D eigenvalue weighted by Gasteiger charge is 2.19. The molecule has 0 saturated heterocycles. The molecular formula is C48H30O. The van der Waals surface area contributed by atoms with Gasteiger partial charge in [0.2, 0.25) is 0 Å². The Morgan fingerprint density at radius 3 is 1.45 bits per heavy atom. The summed E-state index contributed by atoms with van der Waals surface area (Å²) in [5.41, 5.74) is 5.13. The molecule has 0 radical (unpaired) electrons. The molecule has 0 atom stereocenters. The molecule has 0 saturated carbocycles. The van der Waals surface area contributed by atoms with Crippen LogP contribution in [0.3, 0.4) is 0 Å². The van der Waals surface area contributed by atoms with Crippen molar-refractivity contribution in [3.05, 3.63) is 182 Å². The molecule has 0 aliphatic carbocycles. The molecule has 49 heavy (non-hydrogen) atoms. The highest BCUT2D eigenvalue weighted by atomic mass is 16.3. The van der Waals surface area contributed by atoms with Crippen molar-refractivity contribution in [1.29, 1.82) is 0 Å². The normalized spacial score (nSPS) is 14.5. The molecule has 1 heteroatoms. The summed E-state index contributed by atoms with van der Waals surface area (Å²) >= 11 is 0. The van der Waals surface area contributed by atoms with Crippen molar-refractivity contribution in [3.63, 3.8) is 0 Å². The molecule has 0 unspecified atom stereocenters. The Labute approximate surface area is 298 Å². The average Bonchev–Trinajstić information content (AvgIpc) is 3.64. The summed E-state index contributed by atoms with van der Waals surface area (Å²) < 4.78 is 92.4. The van der Waals surface area contributed by atoms with Crippen molar-refractivity contribution in [3.8, 4) is 44.5 Å². The van der Waals surface area contributed by atoms with E-state index in [2.05, 4.69) is 36.4 Å². The summed E-state index contributed by atoms with van der Waals surface area (Å²) in [7, 11) is 0. The van der Waals surface area contributed by atoms with Crippen LogP contribution < -0.4 is 0 Å². The third-order valence-corrected chi connectivity index (χ3v) is 9.38. The molecule has 9 aromatic carbocycles. The van der Waals surface area contributed by atoms with Crippen molar-refractivity contribution < 1.29 is 18.1 Å². The maximum Gasteiger partial charge on any atom is 0.136 e. The van der Waals surface area contributed by atoms with E-state index in [1.165, 1.54) is 6.07 Å². The van der Waals surface area contributed by atoms with Crippen LogP contribution >= 0.6 is 0 Å². The van der Waals surface area contributed by atoms with Crippen LogP contribution in [0.1, 0.15) is 13.7 Å². The third kappa shape index (κ3) is 4.47. The topological polar surface area (TPSA) is 13.1 Å². The molecule has 0 aliphatic heterocycles. The van der Waals surface area contributed by atoms with E-state index in [9.17, 15) is 0 Å². The second-order valence-electron chi connectivity index (χ2n) is 12.1. The SMILES string of the molecule is [2H]c1c([2H])c([2H])c(-c2cc(-c3c([2H])c([2H])c([2H])c([2H])c3[2H])cc(-c3c4ccccc4c(-c4ccc5c(c4)oc4ccc6ccccc6c45)c4ccccc34)c2)c([2H])c1[2H]. The molecule has 1 aromatic heterocycles. The van der Waals surface area contributed by atoms with Gasteiger partial charge in [0.15, 0.2) is 0 Å². The molecule has 0 N–H and O–H groups in total. The van der Waals surface area contributed by atoms with Gasteiger partial charge in [-0.05, 0) is 113 Å². The Bertz CT molecular complexity index is 3260. The molecule has 0 spiro atoms. The fourth-order valence-corrected chi connectivity index (χ4v) is 7.30. The van der Waals surface area contributed by atoms with E-state index in [1.54, 1.807) is 12.1 Å².